The van der Waals surface area contributed by atoms with E-state index in [0.29, 0.717) is 29.1 Å². The van der Waals surface area contributed by atoms with E-state index >= 15 is 0 Å². The van der Waals surface area contributed by atoms with Crippen molar-refractivity contribution >= 4 is 17.5 Å². The molecule has 6 nitrogen and oxygen atoms in total. The number of carbonyl (C=O) groups excluding carboxylic acids is 1. The van der Waals surface area contributed by atoms with Gasteiger partial charge in [0.1, 0.15) is 0 Å². The number of hydrogen-bond donors (Lipinski definition) is 2. The summed E-state index contributed by atoms with van der Waals surface area (Å²) in [5.74, 6) is 0.918. The van der Waals surface area contributed by atoms with Gasteiger partial charge < -0.3 is 15.6 Å². The van der Waals surface area contributed by atoms with Crippen LogP contribution in [0.4, 0.5) is 0 Å². The van der Waals surface area contributed by atoms with Gasteiger partial charge in [-0.05, 0) is 43.5 Å². The van der Waals surface area contributed by atoms with Crippen LogP contribution < -0.4 is 11.1 Å². The monoisotopic (exact) mass is 336 g/mol. The Morgan fingerprint density at radius 3 is 2.57 bits per heavy atom. The molecule has 0 aliphatic carbocycles. The molecule has 2 aromatic rings. The van der Waals surface area contributed by atoms with Gasteiger partial charge in [0.2, 0.25) is 5.91 Å². The Labute approximate surface area is 140 Å². The van der Waals surface area contributed by atoms with E-state index in [1.807, 2.05) is 13.8 Å². The predicted octanol–water partition coefficient (Wildman–Crippen LogP) is 2.94. The number of nitrogens with zero attached hydrogens (tertiary/aromatic N) is 2. The van der Waals surface area contributed by atoms with Crippen molar-refractivity contribution in [1.82, 2.24) is 15.5 Å². The molecular weight excluding hydrogens is 316 g/mol. The highest BCUT2D eigenvalue weighted by molar-refractivity contribution is 6.30. The van der Waals surface area contributed by atoms with Crippen molar-refractivity contribution < 1.29 is 9.32 Å². The largest absolute Gasteiger partial charge is 0.345 e. The molecule has 1 aromatic carbocycles. The van der Waals surface area contributed by atoms with Crippen molar-refractivity contribution in [1.29, 1.82) is 0 Å². The smallest absolute Gasteiger partial charge is 0.257 e. The number of amides is 1. The van der Waals surface area contributed by atoms with E-state index in [1.165, 1.54) is 0 Å². The lowest BCUT2D eigenvalue weighted by molar-refractivity contribution is -0.123. The van der Waals surface area contributed by atoms with Crippen LogP contribution in [0.3, 0.4) is 0 Å². The molecule has 124 valence electrons. The molecular formula is C16H21ClN4O2. The van der Waals surface area contributed by atoms with E-state index in [-0.39, 0.29) is 11.9 Å². The highest BCUT2D eigenvalue weighted by Crippen LogP contribution is 2.21. The van der Waals surface area contributed by atoms with Gasteiger partial charge in [-0.15, -0.1) is 0 Å². The van der Waals surface area contributed by atoms with Crippen molar-refractivity contribution in [2.45, 2.75) is 39.3 Å². The summed E-state index contributed by atoms with van der Waals surface area (Å²) in [6, 6.07) is 6.15. The van der Waals surface area contributed by atoms with Crippen LogP contribution in [0.25, 0.3) is 11.5 Å². The van der Waals surface area contributed by atoms with Crippen LogP contribution in [0.1, 0.15) is 39.1 Å². The molecule has 0 fully saturated rings. The van der Waals surface area contributed by atoms with Gasteiger partial charge in [0, 0.05) is 10.6 Å². The van der Waals surface area contributed by atoms with Crippen molar-refractivity contribution in [3.63, 3.8) is 0 Å². The molecule has 0 bridgehead atoms. The zero-order valence-electron chi connectivity index (χ0n) is 13.4. The van der Waals surface area contributed by atoms with Gasteiger partial charge in [0.25, 0.3) is 5.89 Å². The third-order valence-corrected chi connectivity index (χ3v) is 3.59. The molecule has 0 aliphatic rings. The first-order valence-electron chi connectivity index (χ1n) is 7.52. The van der Waals surface area contributed by atoms with E-state index in [4.69, 9.17) is 21.9 Å². The molecule has 1 unspecified atom stereocenters. The summed E-state index contributed by atoms with van der Waals surface area (Å²) in [6.45, 7) is 5.83. The van der Waals surface area contributed by atoms with E-state index in [9.17, 15) is 4.79 Å². The van der Waals surface area contributed by atoms with Crippen molar-refractivity contribution in [2.75, 3.05) is 0 Å². The molecule has 1 aromatic heterocycles. The second-order valence-corrected chi connectivity index (χ2v) is 6.37. The van der Waals surface area contributed by atoms with Crippen LogP contribution in [0, 0.1) is 5.92 Å². The molecule has 2 rings (SSSR count). The molecule has 7 heteroatoms. The van der Waals surface area contributed by atoms with Gasteiger partial charge in [-0.3, -0.25) is 4.79 Å². The minimum Gasteiger partial charge on any atom is -0.345 e. The highest BCUT2D eigenvalue weighted by atomic mass is 35.5. The lowest BCUT2D eigenvalue weighted by atomic mass is 10.0. The molecule has 0 radical (unpaired) electrons. The van der Waals surface area contributed by atoms with Gasteiger partial charge >= 0.3 is 0 Å². The average Bonchev–Trinajstić information content (AvgIpc) is 2.97. The maximum Gasteiger partial charge on any atom is 0.257 e. The van der Waals surface area contributed by atoms with E-state index in [0.717, 1.165) is 5.56 Å². The fourth-order valence-corrected chi connectivity index (χ4v) is 2.25. The third kappa shape index (κ3) is 4.77. The number of benzene rings is 1. The zero-order chi connectivity index (χ0) is 17.0. The Hall–Kier alpha value is -1.92. The minimum absolute atomic E-state index is 0.218. The van der Waals surface area contributed by atoms with Crippen molar-refractivity contribution in [2.24, 2.45) is 11.7 Å². The van der Waals surface area contributed by atoms with Crippen LogP contribution in [0.5, 0.6) is 0 Å². The summed E-state index contributed by atoms with van der Waals surface area (Å²) in [4.78, 5) is 16.3. The number of carbonyl (C=O) groups is 1. The highest BCUT2D eigenvalue weighted by Gasteiger charge is 2.21. The van der Waals surface area contributed by atoms with E-state index < -0.39 is 6.04 Å². The number of rotatable bonds is 6. The Bertz CT molecular complexity index is 654. The lowest BCUT2D eigenvalue weighted by Crippen LogP contribution is -2.42. The molecule has 1 amide bonds. The second-order valence-electron chi connectivity index (χ2n) is 5.93. The first-order chi connectivity index (χ1) is 10.9. The molecule has 0 spiro atoms. The fraction of sp³-hybridized carbons (Fsp3) is 0.438. The van der Waals surface area contributed by atoms with E-state index in [2.05, 4.69) is 15.5 Å². The second kappa shape index (κ2) is 7.57. The minimum atomic E-state index is -0.542. The summed E-state index contributed by atoms with van der Waals surface area (Å²) < 4.78 is 5.23. The molecule has 3 N–H and O–H groups in total. The number of nitrogens with one attached hydrogen (secondary N) is 1. The third-order valence-electron chi connectivity index (χ3n) is 3.34. The normalized spacial score (nSPS) is 13.8. The topological polar surface area (TPSA) is 94.0 Å². The molecule has 23 heavy (non-hydrogen) atoms. The Morgan fingerprint density at radius 1 is 1.30 bits per heavy atom. The van der Waals surface area contributed by atoms with Crippen LogP contribution in [-0.2, 0) is 4.79 Å². The van der Waals surface area contributed by atoms with Crippen LogP contribution in [0.2, 0.25) is 5.02 Å². The number of halogens is 1. The Kier molecular flexibility index (Phi) is 5.74. The van der Waals surface area contributed by atoms with Crippen molar-refractivity contribution in [3.8, 4) is 11.5 Å². The SMILES string of the molecule is CC(C)C[C@H](N)C(=O)NC(C)c1noc(-c2ccc(Cl)cc2)n1. The Morgan fingerprint density at radius 2 is 1.96 bits per heavy atom. The van der Waals surface area contributed by atoms with Crippen LogP contribution >= 0.6 is 11.6 Å². The molecule has 0 saturated heterocycles. The average molecular weight is 337 g/mol. The predicted molar refractivity (Wildman–Crippen MR) is 88.7 cm³/mol. The summed E-state index contributed by atoms with van der Waals surface area (Å²) in [6.07, 6.45) is 0.626. The maximum absolute atomic E-state index is 12.0. The first kappa shape index (κ1) is 17.4. The van der Waals surface area contributed by atoms with Gasteiger partial charge in [-0.25, -0.2) is 0 Å². The number of hydrogen-bond acceptors (Lipinski definition) is 5. The zero-order valence-corrected chi connectivity index (χ0v) is 14.2. The quantitative estimate of drug-likeness (QED) is 0.845. The van der Waals surface area contributed by atoms with Crippen molar-refractivity contribution in [3.05, 3.63) is 35.1 Å². The summed E-state index contributed by atoms with van der Waals surface area (Å²) >= 11 is 5.85. The number of nitrogens with two attached hydrogens (primary N) is 1. The molecule has 0 saturated carbocycles. The maximum atomic E-state index is 12.0. The first-order valence-corrected chi connectivity index (χ1v) is 7.90. The Balaban J connectivity index is 2.02. The fourth-order valence-electron chi connectivity index (χ4n) is 2.12. The molecule has 2 atom stereocenters. The van der Waals surface area contributed by atoms with Gasteiger partial charge in [0.05, 0.1) is 12.1 Å². The standard InChI is InChI=1S/C16H21ClN4O2/c1-9(2)8-13(18)15(22)19-10(3)14-20-16(23-21-14)11-4-6-12(17)7-5-11/h4-7,9-10,13H,8,18H2,1-3H3,(H,19,22)/t10?,13-/m0/s1. The van der Waals surface area contributed by atoms with Crippen LogP contribution in [0.15, 0.2) is 28.8 Å². The summed E-state index contributed by atoms with van der Waals surface area (Å²) in [5, 5.41) is 7.35. The summed E-state index contributed by atoms with van der Waals surface area (Å²) in [7, 11) is 0. The van der Waals surface area contributed by atoms with Crippen LogP contribution in [-0.4, -0.2) is 22.1 Å². The molecule has 1 heterocycles. The van der Waals surface area contributed by atoms with Gasteiger partial charge in [0.15, 0.2) is 5.82 Å². The van der Waals surface area contributed by atoms with E-state index in [1.54, 1.807) is 31.2 Å². The van der Waals surface area contributed by atoms with Gasteiger partial charge in [-0.1, -0.05) is 30.6 Å². The summed E-state index contributed by atoms with van der Waals surface area (Å²) in [5.41, 5.74) is 6.63. The van der Waals surface area contributed by atoms with Gasteiger partial charge in [-0.2, -0.15) is 4.98 Å². The number of aromatic nitrogens is 2. The lowest BCUT2D eigenvalue weighted by Gasteiger charge is -2.16. The molecule has 0 aliphatic heterocycles.